The molecule has 0 radical (unpaired) electrons. The lowest BCUT2D eigenvalue weighted by molar-refractivity contribution is 0.109. The van der Waals surface area contributed by atoms with E-state index < -0.39 is 14.6 Å². The number of ether oxygens (including phenoxy) is 1. The van der Waals surface area contributed by atoms with Gasteiger partial charge in [-0.05, 0) is 43.0 Å². The molecule has 7 nitrogen and oxygen atoms in total. The van der Waals surface area contributed by atoms with Gasteiger partial charge in [0.15, 0.2) is 15.5 Å². The molecule has 178 valence electrons. The van der Waals surface area contributed by atoms with Crippen molar-refractivity contribution >= 4 is 15.5 Å². The van der Waals surface area contributed by atoms with Crippen molar-refractivity contribution < 1.29 is 13.2 Å². The zero-order valence-corrected chi connectivity index (χ0v) is 20.5. The van der Waals surface area contributed by atoms with Crippen LogP contribution in [-0.2, 0) is 27.7 Å². The Morgan fingerprint density at radius 3 is 2.50 bits per heavy atom. The van der Waals surface area contributed by atoms with E-state index >= 15 is 0 Å². The van der Waals surface area contributed by atoms with Crippen molar-refractivity contribution in [1.82, 2.24) is 14.5 Å². The molecular formula is C26H30N4O3S. The van der Waals surface area contributed by atoms with Gasteiger partial charge in [-0.3, -0.25) is 4.90 Å². The van der Waals surface area contributed by atoms with Crippen molar-refractivity contribution in [3.05, 3.63) is 89.3 Å². The number of methoxy groups -OCH3 is 1. The average Bonchev–Trinajstić information content (AvgIpc) is 3.27. The van der Waals surface area contributed by atoms with Crippen molar-refractivity contribution in [2.45, 2.75) is 42.5 Å². The van der Waals surface area contributed by atoms with Crippen LogP contribution >= 0.6 is 0 Å². The predicted molar refractivity (Wildman–Crippen MR) is 132 cm³/mol. The number of nitrogens with zero attached hydrogens (tertiary/aromatic N) is 4. The van der Waals surface area contributed by atoms with Crippen molar-refractivity contribution in [3.8, 4) is 0 Å². The number of rotatable bonds is 8. The number of aromatic nitrogens is 2. The van der Waals surface area contributed by atoms with Gasteiger partial charge in [0.05, 0.1) is 30.1 Å². The summed E-state index contributed by atoms with van der Waals surface area (Å²) < 4.78 is 33.9. The number of piperidine rings is 1. The van der Waals surface area contributed by atoms with E-state index in [2.05, 4.69) is 19.3 Å². The first-order valence-corrected chi connectivity index (χ1v) is 12.8. The van der Waals surface area contributed by atoms with Gasteiger partial charge < -0.3 is 9.30 Å². The molecule has 1 fully saturated rings. The number of hydrogen-bond donors (Lipinski definition) is 0. The largest absolute Gasteiger partial charge is 0.383 e. The monoisotopic (exact) mass is 478 g/mol. The summed E-state index contributed by atoms with van der Waals surface area (Å²) in [7, 11) is -1.97. The first-order valence-electron chi connectivity index (χ1n) is 11.3. The molecule has 1 aliphatic rings. The van der Waals surface area contributed by atoms with Crippen LogP contribution < -0.4 is 0 Å². The zero-order valence-electron chi connectivity index (χ0n) is 19.6. The highest BCUT2D eigenvalue weighted by Gasteiger charge is 2.47. The Kier molecular flexibility index (Phi) is 7.17. The Morgan fingerprint density at radius 2 is 1.85 bits per heavy atom. The summed E-state index contributed by atoms with van der Waals surface area (Å²) in [5.74, 6) is 0. The van der Waals surface area contributed by atoms with Gasteiger partial charge in [-0.1, -0.05) is 36.4 Å². The maximum atomic E-state index is 13.6. The van der Waals surface area contributed by atoms with Crippen LogP contribution in [-0.4, -0.2) is 54.4 Å². The molecule has 0 N–H and O–H groups in total. The van der Waals surface area contributed by atoms with Gasteiger partial charge in [0.2, 0.25) is 0 Å². The van der Waals surface area contributed by atoms with E-state index in [4.69, 9.17) is 11.3 Å². The molecule has 2 aromatic carbocycles. The minimum Gasteiger partial charge on any atom is -0.383 e. The van der Waals surface area contributed by atoms with Crippen molar-refractivity contribution in [2.75, 3.05) is 26.8 Å². The molecule has 0 saturated carbocycles. The lowest BCUT2D eigenvalue weighted by Gasteiger charge is -2.40. The molecule has 1 saturated heterocycles. The van der Waals surface area contributed by atoms with E-state index in [9.17, 15) is 8.42 Å². The Bertz CT molecular complexity index is 1270. The second-order valence-corrected chi connectivity index (χ2v) is 11.3. The normalized spacial score (nSPS) is 16.3. The topological polar surface area (TPSA) is 68.8 Å². The van der Waals surface area contributed by atoms with Gasteiger partial charge in [0.1, 0.15) is 4.75 Å². The number of sulfone groups is 1. The first-order chi connectivity index (χ1) is 16.4. The van der Waals surface area contributed by atoms with Crippen LogP contribution in [0.1, 0.15) is 29.7 Å². The molecule has 4 rings (SSSR count). The number of imidazole rings is 1. The Hall–Kier alpha value is -2.99. The Morgan fingerprint density at radius 1 is 1.12 bits per heavy atom. The highest BCUT2D eigenvalue weighted by Crippen LogP contribution is 2.36. The molecule has 1 aromatic heterocycles. The summed E-state index contributed by atoms with van der Waals surface area (Å²) in [6.45, 7) is 11.9. The fraction of sp³-hybridized carbons (Fsp3) is 0.385. The van der Waals surface area contributed by atoms with Gasteiger partial charge in [-0.2, -0.15) is 0 Å². The van der Waals surface area contributed by atoms with Crippen LogP contribution in [0, 0.1) is 13.5 Å². The third kappa shape index (κ3) is 4.92. The van der Waals surface area contributed by atoms with Crippen molar-refractivity contribution in [2.24, 2.45) is 0 Å². The molecule has 0 unspecified atom stereocenters. The van der Waals surface area contributed by atoms with Gasteiger partial charge >= 0.3 is 0 Å². The molecule has 0 amide bonds. The molecule has 2 heterocycles. The van der Waals surface area contributed by atoms with Crippen LogP contribution in [0.4, 0.5) is 5.69 Å². The summed E-state index contributed by atoms with van der Waals surface area (Å²) in [6, 6.07) is 14.7. The van der Waals surface area contributed by atoms with Crippen LogP contribution in [0.15, 0.2) is 66.0 Å². The molecule has 34 heavy (non-hydrogen) atoms. The summed E-state index contributed by atoms with van der Waals surface area (Å²) in [6.07, 6.45) is 4.72. The summed E-state index contributed by atoms with van der Waals surface area (Å²) in [5, 5.41) is 0. The first kappa shape index (κ1) is 24.1. The fourth-order valence-corrected chi connectivity index (χ4v) is 6.72. The second kappa shape index (κ2) is 10.1. The highest BCUT2D eigenvalue weighted by atomic mass is 32.2. The third-order valence-electron chi connectivity index (χ3n) is 6.65. The molecule has 0 aliphatic carbocycles. The van der Waals surface area contributed by atoms with Gasteiger partial charge in [0.25, 0.3) is 0 Å². The minimum atomic E-state index is -3.54. The molecule has 0 bridgehead atoms. The van der Waals surface area contributed by atoms with Crippen LogP contribution in [0.3, 0.4) is 0 Å². The summed E-state index contributed by atoms with van der Waals surface area (Å²) >= 11 is 0. The summed E-state index contributed by atoms with van der Waals surface area (Å²) in [5.41, 5.74) is 3.75. The van der Waals surface area contributed by atoms with E-state index in [1.165, 1.54) is 0 Å². The average molecular weight is 479 g/mol. The van der Waals surface area contributed by atoms with Gasteiger partial charge in [-0.25, -0.2) is 18.2 Å². The minimum absolute atomic E-state index is 0.190. The van der Waals surface area contributed by atoms with E-state index in [0.29, 0.717) is 49.6 Å². The molecule has 0 spiro atoms. The number of aryl methyl sites for hydroxylation is 1. The van der Waals surface area contributed by atoms with Crippen molar-refractivity contribution in [1.29, 1.82) is 0 Å². The molecule has 1 aliphatic heterocycles. The maximum Gasteiger partial charge on any atom is 0.187 e. The maximum absolute atomic E-state index is 13.6. The SMILES string of the molecule is [C-]#[N+]c1ccc(Cn2cncc2CN2CCC(COC)(S(=O)(=O)c3cccc(C)c3)CC2)cc1. The van der Waals surface area contributed by atoms with Crippen LogP contribution in [0.25, 0.3) is 4.85 Å². The Labute approximate surface area is 201 Å². The highest BCUT2D eigenvalue weighted by molar-refractivity contribution is 7.92. The molecule has 3 aromatic rings. The van der Waals surface area contributed by atoms with E-state index in [0.717, 1.165) is 16.8 Å². The lowest BCUT2D eigenvalue weighted by Crippen LogP contribution is -2.51. The Balaban J connectivity index is 1.46. The zero-order chi connectivity index (χ0) is 24.2. The molecular weight excluding hydrogens is 448 g/mol. The number of benzene rings is 2. The van der Waals surface area contributed by atoms with E-state index in [-0.39, 0.29) is 6.61 Å². The lowest BCUT2D eigenvalue weighted by atomic mass is 9.96. The predicted octanol–water partition coefficient (Wildman–Crippen LogP) is 4.25. The third-order valence-corrected chi connectivity index (χ3v) is 9.19. The number of hydrogen-bond acceptors (Lipinski definition) is 5. The number of likely N-dealkylation sites (tertiary alicyclic amines) is 1. The van der Waals surface area contributed by atoms with Crippen LogP contribution in [0.5, 0.6) is 0 Å². The second-order valence-electron chi connectivity index (χ2n) is 9.00. The standard InChI is InChI=1S/C26H30N4O3S/c1-21-5-4-6-25(15-21)34(31,32)26(19-33-3)11-13-29(14-12-26)18-24-16-28-20-30(24)17-22-7-9-23(27-2)10-8-22/h4-10,15-16,20H,11-14,17-19H2,1,3H3. The van der Waals surface area contributed by atoms with E-state index in [1.54, 1.807) is 25.3 Å². The van der Waals surface area contributed by atoms with Crippen LogP contribution in [0.2, 0.25) is 0 Å². The van der Waals surface area contributed by atoms with E-state index in [1.807, 2.05) is 49.8 Å². The molecule has 8 heteroatoms. The summed E-state index contributed by atoms with van der Waals surface area (Å²) in [4.78, 5) is 10.4. The molecule has 0 atom stereocenters. The van der Waals surface area contributed by atoms with Crippen molar-refractivity contribution in [3.63, 3.8) is 0 Å². The smallest absolute Gasteiger partial charge is 0.187 e. The van der Waals surface area contributed by atoms with Gasteiger partial charge in [-0.15, -0.1) is 0 Å². The quantitative estimate of drug-likeness (QED) is 0.453. The van der Waals surface area contributed by atoms with Gasteiger partial charge in [0, 0.05) is 39.5 Å². The fourth-order valence-electron chi connectivity index (χ4n) is 4.63.